The average Bonchev–Trinajstić information content (AvgIpc) is 3.58. The number of likely N-dealkylation sites (N-methyl/N-ethyl adjacent to an activating group) is 2. The highest BCUT2D eigenvalue weighted by Crippen LogP contribution is 2.30. The smallest absolute Gasteiger partial charge is 0.245 e. The first kappa shape index (κ1) is 46.1. The van der Waals surface area contributed by atoms with E-state index in [1.165, 1.54) is 7.11 Å². The van der Waals surface area contributed by atoms with Crippen molar-refractivity contribution >= 4 is 23.6 Å². The predicted molar refractivity (Wildman–Crippen MR) is 206 cm³/mol. The summed E-state index contributed by atoms with van der Waals surface area (Å²) in [6, 6.07) is 6.56. The van der Waals surface area contributed by atoms with Gasteiger partial charge in [-0.25, -0.2) is 0 Å². The van der Waals surface area contributed by atoms with Crippen molar-refractivity contribution in [1.29, 1.82) is 0 Å². The normalized spacial score (nSPS) is 19.5. The first-order valence-corrected chi connectivity index (χ1v) is 19.1. The summed E-state index contributed by atoms with van der Waals surface area (Å²) in [7, 11) is 8.18. The van der Waals surface area contributed by atoms with E-state index in [0.29, 0.717) is 25.8 Å². The Morgan fingerprint density at radius 3 is 2.09 bits per heavy atom. The second-order valence-corrected chi connectivity index (χ2v) is 15.9. The molecule has 53 heavy (non-hydrogen) atoms. The Bertz CT molecular complexity index is 1310. The van der Waals surface area contributed by atoms with E-state index in [-0.39, 0.29) is 48.6 Å². The number of likely N-dealkylation sites (tertiary alicyclic amines) is 1. The van der Waals surface area contributed by atoms with Crippen LogP contribution in [0.3, 0.4) is 0 Å². The van der Waals surface area contributed by atoms with Gasteiger partial charge in [-0.05, 0) is 64.6 Å². The quantitative estimate of drug-likeness (QED) is 0.148. The zero-order valence-corrected chi connectivity index (χ0v) is 34.3. The number of nitrogens with zero attached hydrogens (tertiary/aromatic N) is 3. The van der Waals surface area contributed by atoms with E-state index in [2.05, 4.69) is 10.6 Å². The number of benzene rings is 1. The summed E-state index contributed by atoms with van der Waals surface area (Å²) in [5.74, 6) is -2.12. The molecule has 2 rings (SSSR count). The van der Waals surface area contributed by atoms with Crippen LogP contribution >= 0.6 is 0 Å². The third-order valence-corrected chi connectivity index (χ3v) is 10.8. The molecule has 4 N–H and O–H groups in total. The molecule has 0 bridgehead atoms. The molecule has 0 saturated carbocycles. The summed E-state index contributed by atoms with van der Waals surface area (Å²) in [6.07, 6.45) is 1.35. The number of nitrogens with one attached hydrogen (secondary N) is 2. The molecule has 0 unspecified atom stereocenters. The highest BCUT2D eigenvalue weighted by Gasteiger charge is 2.44. The first-order valence-electron chi connectivity index (χ1n) is 19.1. The topological polar surface area (TPSA) is 161 Å². The maximum absolute atomic E-state index is 14.2. The van der Waals surface area contributed by atoms with Gasteiger partial charge in [0.2, 0.25) is 23.6 Å². The minimum absolute atomic E-state index is 0.000407. The van der Waals surface area contributed by atoms with Crippen LogP contribution in [-0.4, -0.2) is 145 Å². The molecule has 0 aliphatic carbocycles. The van der Waals surface area contributed by atoms with Gasteiger partial charge in [0.15, 0.2) is 0 Å². The first-order chi connectivity index (χ1) is 24.8. The summed E-state index contributed by atoms with van der Waals surface area (Å²) in [6.45, 7) is 12.9. The summed E-state index contributed by atoms with van der Waals surface area (Å²) in [4.78, 5) is 60.3. The van der Waals surface area contributed by atoms with Crippen molar-refractivity contribution in [2.75, 3.05) is 48.5 Å². The Hall–Kier alpha value is -3.10. The lowest BCUT2D eigenvalue weighted by Crippen LogP contribution is -2.62. The average molecular weight is 748 g/mol. The van der Waals surface area contributed by atoms with Gasteiger partial charge < -0.3 is 40.1 Å². The molecule has 13 nitrogen and oxygen atoms in total. The van der Waals surface area contributed by atoms with E-state index in [9.17, 15) is 29.4 Å². The summed E-state index contributed by atoms with van der Waals surface area (Å²) in [5, 5.41) is 26.6. The van der Waals surface area contributed by atoms with E-state index >= 15 is 0 Å². The van der Waals surface area contributed by atoms with Gasteiger partial charge in [0.25, 0.3) is 0 Å². The minimum atomic E-state index is -1.36. The van der Waals surface area contributed by atoms with Crippen LogP contribution < -0.4 is 10.6 Å². The number of methoxy groups -OCH3 is 2. The standard InChI is InChI=1S/C40H69N5O8/c1-13-26(4)34(44(10)39(50)33(25(2)3)42-38(49)36(43(8)9)40(6,7)51)31(52-11)23-32(47)45-21-17-20-30(45)35(53-12)27(5)37(48)41-29(24-46)22-28-18-15-14-16-19-28/h14-16,18-19,25-27,29-31,33-36,46,51H,13,17,20-24H2,1-12H3,(H,41,48)(H,42,49)/t26-,27+,29-,30-,31+,33-,34-,35+,36+/m0/s1. The van der Waals surface area contributed by atoms with E-state index in [0.717, 1.165) is 12.0 Å². The van der Waals surface area contributed by atoms with Gasteiger partial charge in [0, 0.05) is 27.8 Å². The molecule has 1 aromatic rings. The molecule has 1 aliphatic rings. The summed E-state index contributed by atoms with van der Waals surface area (Å²) >= 11 is 0. The maximum Gasteiger partial charge on any atom is 0.245 e. The van der Waals surface area contributed by atoms with Crippen molar-refractivity contribution in [1.82, 2.24) is 25.3 Å². The Morgan fingerprint density at radius 1 is 0.981 bits per heavy atom. The Labute approximate surface area is 318 Å². The lowest BCUT2D eigenvalue weighted by atomic mass is 9.89. The number of hydrogen-bond acceptors (Lipinski definition) is 9. The van der Waals surface area contributed by atoms with E-state index in [1.807, 2.05) is 58.0 Å². The molecule has 4 amide bonds. The monoisotopic (exact) mass is 748 g/mol. The zero-order chi connectivity index (χ0) is 40.2. The van der Waals surface area contributed by atoms with Gasteiger partial charge in [-0.2, -0.15) is 0 Å². The number of aliphatic hydroxyl groups excluding tert-OH is 1. The van der Waals surface area contributed by atoms with Crippen LogP contribution in [0.25, 0.3) is 0 Å². The molecule has 302 valence electrons. The molecule has 0 spiro atoms. The maximum atomic E-state index is 14.2. The van der Waals surface area contributed by atoms with E-state index < -0.39 is 53.8 Å². The van der Waals surface area contributed by atoms with Crippen molar-refractivity contribution in [2.24, 2.45) is 17.8 Å². The summed E-state index contributed by atoms with van der Waals surface area (Å²) < 4.78 is 11.9. The Balaban J connectivity index is 2.27. The fourth-order valence-corrected chi connectivity index (χ4v) is 7.85. The third-order valence-electron chi connectivity index (χ3n) is 10.8. The van der Waals surface area contributed by atoms with Crippen molar-refractivity contribution in [3.05, 3.63) is 35.9 Å². The Morgan fingerprint density at radius 2 is 1.60 bits per heavy atom. The molecule has 1 saturated heterocycles. The number of carbonyl (C=O) groups excluding carboxylic acids is 4. The Kier molecular flexibility index (Phi) is 18.3. The minimum Gasteiger partial charge on any atom is -0.394 e. The molecule has 9 atom stereocenters. The highest BCUT2D eigenvalue weighted by molar-refractivity contribution is 5.90. The SMILES string of the molecule is CC[C@H](C)[C@@H]([C@@H](CC(=O)N1CCC[C@H]1[C@H](OC)[C@@H](C)C(=O)N[C@H](CO)Cc1ccccc1)OC)N(C)C(=O)[C@@H](NC(=O)[C@@H](N(C)C)C(C)(C)O)C(C)C. The van der Waals surface area contributed by atoms with Gasteiger partial charge in [-0.15, -0.1) is 0 Å². The fourth-order valence-electron chi connectivity index (χ4n) is 7.85. The molecule has 0 aromatic heterocycles. The zero-order valence-electron chi connectivity index (χ0n) is 34.3. The molecular weight excluding hydrogens is 678 g/mol. The van der Waals surface area contributed by atoms with Gasteiger partial charge >= 0.3 is 0 Å². The van der Waals surface area contributed by atoms with Crippen LogP contribution in [0, 0.1) is 17.8 Å². The second-order valence-electron chi connectivity index (χ2n) is 15.9. The number of aliphatic hydroxyl groups is 2. The van der Waals surface area contributed by atoms with Crippen molar-refractivity contribution in [3.8, 4) is 0 Å². The van der Waals surface area contributed by atoms with Crippen molar-refractivity contribution in [2.45, 2.75) is 129 Å². The number of ether oxygens (including phenoxy) is 2. The van der Waals surface area contributed by atoms with E-state index in [1.54, 1.807) is 63.7 Å². The summed E-state index contributed by atoms with van der Waals surface area (Å²) in [5.41, 5.74) is -0.356. The molecule has 1 aromatic carbocycles. The van der Waals surface area contributed by atoms with Gasteiger partial charge in [0.1, 0.15) is 12.1 Å². The number of amides is 4. The molecule has 1 aliphatic heterocycles. The van der Waals surface area contributed by atoms with Crippen LogP contribution in [0.1, 0.15) is 79.7 Å². The highest BCUT2D eigenvalue weighted by atomic mass is 16.5. The molecule has 1 heterocycles. The molecule has 1 fully saturated rings. The molecule has 0 radical (unpaired) electrons. The van der Waals surface area contributed by atoms with Crippen LogP contribution in [0.4, 0.5) is 0 Å². The lowest BCUT2D eigenvalue weighted by molar-refractivity contribution is -0.148. The van der Waals surface area contributed by atoms with Gasteiger partial charge in [0.05, 0.1) is 54.9 Å². The number of rotatable bonds is 21. The second kappa shape index (κ2) is 21.1. The van der Waals surface area contributed by atoms with Crippen molar-refractivity contribution < 1.29 is 38.9 Å². The van der Waals surface area contributed by atoms with Crippen LogP contribution in [0.15, 0.2) is 30.3 Å². The number of hydrogen-bond donors (Lipinski definition) is 4. The van der Waals surface area contributed by atoms with Crippen LogP contribution in [0.5, 0.6) is 0 Å². The van der Waals surface area contributed by atoms with Crippen molar-refractivity contribution in [3.63, 3.8) is 0 Å². The number of carbonyl (C=O) groups is 4. The van der Waals surface area contributed by atoms with Gasteiger partial charge in [-0.1, -0.05) is 71.4 Å². The van der Waals surface area contributed by atoms with Crippen LogP contribution in [0.2, 0.25) is 0 Å². The lowest BCUT2D eigenvalue weighted by Gasteiger charge is -2.41. The third kappa shape index (κ3) is 12.5. The fraction of sp³-hybridized carbons (Fsp3) is 0.750. The molecular formula is C40H69N5O8. The molecule has 13 heteroatoms. The van der Waals surface area contributed by atoms with E-state index in [4.69, 9.17) is 9.47 Å². The van der Waals surface area contributed by atoms with Crippen LogP contribution in [-0.2, 0) is 35.1 Å². The predicted octanol–water partition coefficient (Wildman–Crippen LogP) is 2.47. The van der Waals surface area contributed by atoms with Gasteiger partial charge in [-0.3, -0.25) is 24.1 Å². The largest absolute Gasteiger partial charge is 0.394 e.